The lowest BCUT2D eigenvalue weighted by Gasteiger charge is -2.16. The first-order valence-electron chi connectivity index (χ1n) is 6.16. The fourth-order valence-electron chi connectivity index (χ4n) is 1.54. The lowest BCUT2D eigenvalue weighted by molar-refractivity contribution is 0.00387. The first kappa shape index (κ1) is 15.0. The Balaban J connectivity index is 2.13. The van der Waals surface area contributed by atoms with Gasteiger partial charge in [0.2, 0.25) is 0 Å². The second-order valence-corrected chi connectivity index (χ2v) is 3.83. The minimum atomic E-state index is -0.0874. The number of nitrogens with two attached hydrogens (primary N) is 1. The van der Waals surface area contributed by atoms with Crippen LogP contribution in [0.5, 0.6) is 0 Å². The molecule has 1 heterocycles. The standard InChI is InChI=1S/C13H22N2O3/c1-16-7-2-8-17-9-10-18-13(11-14)12-3-5-15-6-4-12/h3-6,13H,2,7-11,14H2,1H3. The molecule has 1 aromatic heterocycles. The third-order valence-corrected chi connectivity index (χ3v) is 2.48. The summed E-state index contributed by atoms with van der Waals surface area (Å²) in [7, 11) is 1.68. The highest BCUT2D eigenvalue weighted by Gasteiger charge is 2.08. The van der Waals surface area contributed by atoms with E-state index in [9.17, 15) is 0 Å². The van der Waals surface area contributed by atoms with E-state index in [0.717, 1.165) is 18.6 Å². The monoisotopic (exact) mass is 254 g/mol. The topological polar surface area (TPSA) is 66.6 Å². The molecule has 0 saturated carbocycles. The first-order valence-corrected chi connectivity index (χ1v) is 6.16. The molecule has 1 atom stereocenters. The molecule has 0 aliphatic heterocycles. The van der Waals surface area contributed by atoms with Gasteiger partial charge in [0.1, 0.15) is 0 Å². The summed E-state index contributed by atoms with van der Waals surface area (Å²) in [4.78, 5) is 3.97. The summed E-state index contributed by atoms with van der Waals surface area (Å²) >= 11 is 0. The number of nitrogens with zero attached hydrogens (tertiary/aromatic N) is 1. The molecule has 5 heteroatoms. The number of rotatable bonds is 10. The molecule has 102 valence electrons. The van der Waals surface area contributed by atoms with Crippen molar-refractivity contribution in [3.05, 3.63) is 30.1 Å². The molecular weight excluding hydrogens is 232 g/mol. The zero-order valence-corrected chi connectivity index (χ0v) is 10.9. The number of methoxy groups -OCH3 is 1. The summed E-state index contributed by atoms with van der Waals surface area (Å²) in [5.74, 6) is 0. The highest BCUT2D eigenvalue weighted by molar-refractivity contribution is 5.13. The molecule has 0 radical (unpaired) electrons. The summed E-state index contributed by atoms with van der Waals surface area (Å²) in [6.45, 7) is 2.99. The third-order valence-electron chi connectivity index (χ3n) is 2.48. The van der Waals surface area contributed by atoms with Crippen molar-refractivity contribution in [2.24, 2.45) is 5.73 Å². The summed E-state index contributed by atoms with van der Waals surface area (Å²) in [6.07, 6.45) is 4.29. The molecule has 0 spiro atoms. The summed E-state index contributed by atoms with van der Waals surface area (Å²) < 4.78 is 16.0. The Hall–Kier alpha value is -1.01. The van der Waals surface area contributed by atoms with Crippen LogP contribution in [-0.4, -0.2) is 45.1 Å². The normalized spacial score (nSPS) is 12.6. The fraction of sp³-hybridized carbons (Fsp3) is 0.615. The third kappa shape index (κ3) is 6.07. The van der Waals surface area contributed by atoms with E-state index < -0.39 is 0 Å². The van der Waals surface area contributed by atoms with Gasteiger partial charge >= 0.3 is 0 Å². The van der Waals surface area contributed by atoms with Gasteiger partial charge in [-0.3, -0.25) is 4.98 Å². The van der Waals surface area contributed by atoms with Crippen molar-refractivity contribution in [3.8, 4) is 0 Å². The van der Waals surface area contributed by atoms with E-state index in [4.69, 9.17) is 19.9 Å². The van der Waals surface area contributed by atoms with Gasteiger partial charge in [-0.05, 0) is 24.1 Å². The van der Waals surface area contributed by atoms with Crippen molar-refractivity contribution in [2.45, 2.75) is 12.5 Å². The van der Waals surface area contributed by atoms with Crippen LogP contribution in [0.2, 0.25) is 0 Å². The average Bonchev–Trinajstić information content (AvgIpc) is 2.43. The number of pyridine rings is 1. The first-order chi connectivity index (χ1) is 8.88. The Bertz CT molecular complexity index is 296. The second kappa shape index (κ2) is 9.96. The summed E-state index contributed by atoms with van der Waals surface area (Å²) in [5.41, 5.74) is 6.73. The lowest BCUT2D eigenvalue weighted by Crippen LogP contribution is -2.18. The van der Waals surface area contributed by atoms with Gasteiger partial charge in [0.25, 0.3) is 0 Å². The number of hydrogen-bond acceptors (Lipinski definition) is 5. The molecule has 1 aromatic rings. The van der Waals surface area contributed by atoms with Crippen LogP contribution < -0.4 is 5.73 Å². The van der Waals surface area contributed by atoms with Crippen molar-refractivity contribution in [3.63, 3.8) is 0 Å². The molecule has 0 amide bonds. The zero-order valence-electron chi connectivity index (χ0n) is 10.9. The average molecular weight is 254 g/mol. The molecule has 0 aromatic carbocycles. The summed E-state index contributed by atoms with van der Waals surface area (Å²) in [5, 5.41) is 0. The second-order valence-electron chi connectivity index (χ2n) is 3.83. The van der Waals surface area contributed by atoms with Crippen LogP contribution in [0.3, 0.4) is 0 Å². The van der Waals surface area contributed by atoms with E-state index in [1.807, 2.05) is 12.1 Å². The van der Waals surface area contributed by atoms with Gasteiger partial charge in [-0.25, -0.2) is 0 Å². The molecule has 18 heavy (non-hydrogen) atoms. The van der Waals surface area contributed by atoms with Gasteiger partial charge < -0.3 is 19.9 Å². The Morgan fingerprint density at radius 2 is 1.94 bits per heavy atom. The Morgan fingerprint density at radius 3 is 2.61 bits per heavy atom. The highest BCUT2D eigenvalue weighted by Crippen LogP contribution is 2.14. The molecule has 0 saturated heterocycles. The molecule has 0 aliphatic rings. The van der Waals surface area contributed by atoms with E-state index in [1.165, 1.54) is 0 Å². The maximum absolute atomic E-state index is 5.68. The molecular formula is C13H22N2O3. The molecule has 0 aliphatic carbocycles. The Labute approximate surface area is 108 Å². The van der Waals surface area contributed by atoms with Crippen LogP contribution in [0.1, 0.15) is 18.1 Å². The SMILES string of the molecule is COCCCOCCOC(CN)c1ccncc1. The predicted octanol–water partition coefficient (Wildman–Crippen LogP) is 1.15. The van der Waals surface area contributed by atoms with E-state index in [0.29, 0.717) is 26.4 Å². The van der Waals surface area contributed by atoms with Gasteiger partial charge in [0.15, 0.2) is 0 Å². The number of ether oxygens (including phenoxy) is 3. The molecule has 0 fully saturated rings. The minimum Gasteiger partial charge on any atom is -0.385 e. The van der Waals surface area contributed by atoms with Crippen LogP contribution in [0.25, 0.3) is 0 Å². The molecule has 1 rings (SSSR count). The molecule has 1 unspecified atom stereocenters. The number of aromatic nitrogens is 1. The smallest absolute Gasteiger partial charge is 0.0949 e. The molecule has 0 bridgehead atoms. The maximum atomic E-state index is 5.68. The van der Waals surface area contributed by atoms with Crippen LogP contribution in [0, 0.1) is 0 Å². The van der Waals surface area contributed by atoms with E-state index in [-0.39, 0.29) is 6.10 Å². The number of hydrogen-bond donors (Lipinski definition) is 1. The Morgan fingerprint density at radius 1 is 1.17 bits per heavy atom. The largest absolute Gasteiger partial charge is 0.385 e. The van der Waals surface area contributed by atoms with Crippen molar-refractivity contribution in [2.75, 3.05) is 40.1 Å². The lowest BCUT2D eigenvalue weighted by atomic mass is 10.1. The van der Waals surface area contributed by atoms with Gasteiger partial charge in [-0.1, -0.05) is 0 Å². The van der Waals surface area contributed by atoms with E-state index in [2.05, 4.69) is 4.98 Å². The predicted molar refractivity (Wildman–Crippen MR) is 69.3 cm³/mol. The van der Waals surface area contributed by atoms with Gasteiger partial charge in [-0.2, -0.15) is 0 Å². The van der Waals surface area contributed by atoms with E-state index >= 15 is 0 Å². The van der Waals surface area contributed by atoms with Crippen LogP contribution in [0.15, 0.2) is 24.5 Å². The quantitative estimate of drug-likeness (QED) is 0.634. The van der Waals surface area contributed by atoms with Crippen LogP contribution in [0.4, 0.5) is 0 Å². The maximum Gasteiger partial charge on any atom is 0.0949 e. The Kier molecular flexibility index (Phi) is 8.33. The van der Waals surface area contributed by atoms with E-state index in [1.54, 1.807) is 19.5 Å². The van der Waals surface area contributed by atoms with Crippen molar-refractivity contribution in [1.82, 2.24) is 4.98 Å². The van der Waals surface area contributed by atoms with Gasteiger partial charge in [0, 0.05) is 39.3 Å². The minimum absolute atomic E-state index is 0.0874. The zero-order chi connectivity index (χ0) is 13.1. The fourth-order valence-corrected chi connectivity index (χ4v) is 1.54. The molecule has 2 N–H and O–H groups in total. The van der Waals surface area contributed by atoms with Crippen molar-refractivity contribution >= 4 is 0 Å². The van der Waals surface area contributed by atoms with Crippen LogP contribution >= 0.6 is 0 Å². The van der Waals surface area contributed by atoms with Gasteiger partial charge in [-0.15, -0.1) is 0 Å². The van der Waals surface area contributed by atoms with Crippen LogP contribution in [-0.2, 0) is 14.2 Å². The van der Waals surface area contributed by atoms with Gasteiger partial charge in [0.05, 0.1) is 19.3 Å². The van der Waals surface area contributed by atoms with Crippen molar-refractivity contribution < 1.29 is 14.2 Å². The highest BCUT2D eigenvalue weighted by atomic mass is 16.5. The molecule has 5 nitrogen and oxygen atoms in total. The summed E-state index contributed by atoms with van der Waals surface area (Å²) in [6, 6.07) is 3.83. The van der Waals surface area contributed by atoms with Crippen molar-refractivity contribution in [1.29, 1.82) is 0 Å².